The monoisotopic (exact) mass is 355 g/mol. The summed E-state index contributed by atoms with van der Waals surface area (Å²) in [5.41, 5.74) is 3.22. The normalized spacial score (nSPS) is 16.5. The first-order valence-corrected chi connectivity index (χ1v) is 9.11. The van der Waals surface area contributed by atoms with Crippen LogP contribution < -0.4 is 5.32 Å². The molecule has 1 aromatic heterocycles. The number of benzene rings is 2. The summed E-state index contributed by atoms with van der Waals surface area (Å²) in [6, 6.07) is 12.6. The van der Waals surface area contributed by atoms with Crippen molar-refractivity contribution < 1.29 is 9.18 Å². The predicted octanol–water partition coefficient (Wildman–Crippen LogP) is 4.98. The Hall–Kier alpha value is -2.47. The number of amides is 2. The maximum atomic E-state index is 13.3. The van der Waals surface area contributed by atoms with Crippen molar-refractivity contribution in [1.29, 1.82) is 0 Å². The molecule has 1 heterocycles. The van der Waals surface area contributed by atoms with Crippen LogP contribution in [0.25, 0.3) is 10.2 Å². The van der Waals surface area contributed by atoms with Crippen molar-refractivity contribution in [2.24, 2.45) is 0 Å². The quantitative estimate of drug-likeness (QED) is 0.705. The summed E-state index contributed by atoms with van der Waals surface area (Å²) in [7, 11) is 1.81. The highest BCUT2D eigenvalue weighted by Crippen LogP contribution is 2.34. The largest absolute Gasteiger partial charge is 0.323 e. The molecule has 0 aliphatic heterocycles. The highest BCUT2D eigenvalue weighted by molar-refractivity contribution is 7.22. The van der Waals surface area contributed by atoms with Gasteiger partial charge in [-0.2, -0.15) is 0 Å². The van der Waals surface area contributed by atoms with Crippen LogP contribution >= 0.6 is 11.3 Å². The van der Waals surface area contributed by atoms with Crippen LogP contribution in [-0.4, -0.2) is 23.0 Å². The van der Waals surface area contributed by atoms with Crippen LogP contribution in [0.5, 0.6) is 0 Å². The Bertz CT molecular complexity index is 939. The van der Waals surface area contributed by atoms with Gasteiger partial charge in [0.05, 0.1) is 16.3 Å². The molecule has 6 heteroatoms. The van der Waals surface area contributed by atoms with E-state index < -0.39 is 0 Å². The molecule has 128 valence electrons. The van der Waals surface area contributed by atoms with Crippen LogP contribution in [0.2, 0.25) is 0 Å². The maximum absolute atomic E-state index is 13.3. The first kappa shape index (κ1) is 16.0. The van der Waals surface area contributed by atoms with Crippen LogP contribution in [0.1, 0.15) is 30.0 Å². The highest BCUT2D eigenvalue weighted by Gasteiger charge is 2.26. The SMILES string of the molecule is CN(C(=O)Nc1nc2ccc(F)cc2s1)C1CCCc2ccccc21. The number of anilines is 1. The predicted molar refractivity (Wildman–Crippen MR) is 98.5 cm³/mol. The molecule has 2 aromatic carbocycles. The fraction of sp³-hybridized carbons (Fsp3) is 0.263. The average molecular weight is 355 g/mol. The van der Waals surface area contributed by atoms with E-state index >= 15 is 0 Å². The average Bonchev–Trinajstić information content (AvgIpc) is 3.01. The molecule has 1 aliphatic rings. The number of nitrogens with one attached hydrogen (secondary N) is 1. The van der Waals surface area contributed by atoms with Crippen LogP contribution in [0.3, 0.4) is 0 Å². The molecule has 0 bridgehead atoms. The number of rotatable bonds is 2. The summed E-state index contributed by atoms with van der Waals surface area (Å²) in [6.45, 7) is 0. The second-order valence-corrected chi connectivity index (χ2v) is 7.31. The number of carbonyl (C=O) groups excluding carboxylic acids is 1. The molecule has 1 unspecified atom stereocenters. The Morgan fingerprint density at radius 1 is 1.32 bits per heavy atom. The number of fused-ring (bicyclic) bond motifs is 2. The van der Waals surface area contributed by atoms with E-state index in [0.29, 0.717) is 10.6 Å². The van der Waals surface area contributed by atoms with E-state index in [2.05, 4.69) is 22.4 Å². The van der Waals surface area contributed by atoms with Crippen LogP contribution in [0.15, 0.2) is 42.5 Å². The van der Waals surface area contributed by atoms with E-state index in [1.807, 2.05) is 19.2 Å². The molecule has 4 nitrogen and oxygen atoms in total. The molecule has 0 radical (unpaired) electrons. The van der Waals surface area contributed by atoms with E-state index in [1.54, 1.807) is 11.0 Å². The standard InChI is InChI=1S/C19H18FN3OS/c1-23(16-8-4-6-12-5-2-3-7-14(12)16)19(24)22-18-21-15-10-9-13(20)11-17(15)25-18/h2-3,5,7,9-11,16H,4,6,8H2,1H3,(H,21,22,24). The van der Waals surface area contributed by atoms with Gasteiger partial charge in [0.1, 0.15) is 5.82 Å². The summed E-state index contributed by atoms with van der Waals surface area (Å²) in [5, 5.41) is 3.34. The fourth-order valence-corrected chi connectivity index (χ4v) is 4.28. The summed E-state index contributed by atoms with van der Waals surface area (Å²) in [4.78, 5) is 18.8. The van der Waals surface area contributed by atoms with Gasteiger partial charge in [-0.1, -0.05) is 35.6 Å². The molecule has 0 fully saturated rings. The van der Waals surface area contributed by atoms with Gasteiger partial charge < -0.3 is 4.90 Å². The van der Waals surface area contributed by atoms with Crippen molar-refractivity contribution in [2.45, 2.75) is 25.3 Å². The van der Waals surface area contributed by atoms with Gasteiger partial charge in [-0.25, -0.2) is 14.2 Å². The first-order chi connectivity index (χ1) is 12.1. The lowest BCUT2D eigenvalue weighted by Gasteiger charge is -2.33. The molecule has 1 atom stereocenters. The number of hydrogen-bond acceptors (Lipinski definition) is 3. The zero-order chi connectivity index (χ0) is 17.4. The number of aryl methyl sites for hydroxylation is 1. The van der Waals surface area contributed by atoms with E-state index in [1.165, 1.54) is 34.6 Å². The van der Waals surface area contributed by atoms with Gasteiger partial charge in [0, 0.05) is 7.05 Å². The van der Waals surface area contributed by atoms with Gasteiger partial charge in [-0.05, 0) is 48.6 Å². The Kier molecular flexibility index (Phi) is 4.13. The summed E-state index contributed by atoms with van der Waals surface area (Å²) in [6.07, 6.45) is 3.08. The number of carbonyl (C=O) groups is 1. The van der Waals surface area contributed by atoms with Gasteiger partial charge in [-0.3, -0.25) is 5.32 Å². The number of nitrogens with zero attached hydrogens (tertiary/aromatic N) is 2. The summed E-state index contributed by atoms with van der Waals surface area (Å²) >= 11 is 1.28. The summed E-state index contributed by atoms with van der Waals surface area (Å²) < 4.78 is 14.0. The zero-order valence-electron chi connectivity index (χ0n) is 13.8. The minimum absolute atomic E-state index is 0.0665. The third kappa shape index (κ3) is 3.09. The zero-order valence-corrected chi connectivity index (χ0v) is 14.6. The Morgan fingerprint density at radius 2 is 2.16 bits per heavy atom. The van der Waals surface area contributed by atoms with Gasteiger partial charge in [-0.15, -0.1) is 0 Å². The molecule has 0 saturated heterocycles. The Balaban J connectivity index is 1.54. The summed E-state index contributed by atoms with van der Waals surface area (Å²) in [5.74, 6) is -0.301. The third-order valence-electron chi connectivity index (χ3n) is 4.69. The number of thiazole rings is 1. The lowest BCUT2D eigenvalue weighted by atomic mass is 9.87. The van der Waals surface area contributed by atoms with E-state index in [0.717, 1.165) is 24.0 Å². The van der Waals surface area contributed by atoms with E-state index in [9.17, 15) is 9.18 Å². The minimum Gasteiger partial charge on any atom is -0.320 e. The lowest BCUT2D eigenvalue weighted by molar-refractivity contribution is 0.197. The molecule has 1 N–H and O–H groups in total. The number of urea groups is 1. The first-order valence-electron chi connectivity index (χ1n) is 8.29. The number of hydrogen-bond donors (Lipinski definition) is 1. The molecule has 0 spiro atoms. The number of halogens is 1. The van der Waals surface area contributed by atoms with Crippen molar-refractivity contribution in [1.82, 2.24) is 9.88 Å². The molecule has 3 aromatic rings. The van der Waals surface area contributed by atoms with Crippen molar-refractivity contribution in [2.75, 3.05) is 12.4 Å². The lowest BCUT2D eigenvalue weighted by Crippen LogP contribution is -2.36. The van der Waals surface area contributed by atoms with Crippen molar-refractivity contribution in [3.05, 3.63) is 59.4 Å². The topological polar surface area (TPSA) is 45.2 Å². The molecular formula is C19H18FN3OS. The van der Waals surface area contributed by atoms with Crippen LogP contribution in [0, 0.1) is 5.82 Å². The molecule has 4 rings (SSSR count). The smallest absolute Gasteiger partial charge is 0.320 e. The van der Waals surface area contributed by atoms with Crippen LogP contribution in [-0.2, 0) is 6.42 Å². The van der Waals surface area contributed by atoms with Crippen LogP contribution in [0.4, 0.5) is 14.3 Å². The van der Waals surface area contributed by atoms with Gasteiger partial charge in [0.25, 0.3) is 0 Å². The molecule has 25 heavy (non-hydrogen) atoms. The molecular weight excluding hydrogens is 337 g/mol. The second-order valence-electron chi connectivity index (χ2n) is 6.28. The van der Waals surface area contributed by atoms with Crippen molar-refractivity contribution in [3.8, 4) is 0 Å². The van der Waals surface area contributed by atoms with Crippen molar-refractivity contribution in [3.63, 3.8) is 0 Å². The van der Waals surface area contributed by atoms with Gasteiger partial charge in [0.2, 0.25) is 0 Å². The van der Waals surface area contributed by atoms with E-state index in [4.69, 9.17) is 0 Å². The minimum atomic E-state index is -0.301. The highest BCUT2D eigenvalue weighted by atomic mass is 32.1. The Morgan fingerprint density at radius 3 is 3.04 bits per heavy atom. The van der Waals surface area contributed by atoms with Gasteiger partial charge >= 0.3 is 6.03 Å². The Labute approximate surface area is 149 Å². The second kappa shape index (κ2) is 6.44. The number of aromatic nitrogens is 1. The fourth-order valence-electron chi connectivity index (χ4n) is 3.40. The molecule has 2 amide bonds. The molecule has 0 saturated carbocycles. The van der Waals surface area contributed by atoms with Crippen molar-refractivity contribution >= 4 is 32.7 Å². The maximum Gasteiger partial charge on any atom is 0.323 e. The third-order valence-corrected chi connectivity index (χ3v) is 5.62. The van der Waals surface area contributed by atoms with Gasteiger partial charge in [0.15, 0.2) is 5.13 Å². The van der Waals surface area contributed by atoms with E-state index in [-0.39, 0.29) is 17.9 Å². The molecule has 1 aliphatic carbocycles.